The average Bonchev–Trinajstić information content (AvgIpc) is 3.03. The summed E-state index contributed by atoms with van der Waals surface area (Å²) in [7, 11) is 1.66. The predicted molar refractivity (Wildman–Crippen MR) is 81.0 cm³/mol. The fraction of sp³-hybridized carbons (Fsp3) is 0.294. The van der Waals surface area contributed by atoms with E-state index in [4.69, 9.17) is 9.47 Å². The molecular formula is C17H19NO2. The maximum atomic E-state index is 5.82. The standard InChI is InChI=1S/C17H19NO2/c1-19-15-8-10-17(11-9-15)20-16-6-4-14(5-7-16)18-12-2-3-13-18/h4-11H,2-3,12-13H2,1H3. The van der Waals surface area contributed by atoms with Crippen molar-refractivity contribution in [2.45, 2.75) is 12.8 Å². The molecule has 3 nitrogen and oxygen atoms in total. The van der Waals surface area contributed by atoms with Crippen molar-refractivity contribution >= 4 is 5.69 Å². The van der Waals surface area contributed by atoms with Gasteiger partial charge < -0.3 is 14.4 Å². The highest BCUT2D eigenvalue weighted by atomic mass is 16.5. The summed E-state index contributed by atoms with van der Waals surface area (Å²) in [5, 5.41) is 0. The molecule has 2 aromatic carbocycles. The van der Waals surface area contributed by atoms with Crippen LogP contribution in [0.4, 0.5) is 5.69 Å². The van der Waals surface area contributed by atoms with E-state index in [1.54, 1.807) is 7.11 Å². The minimum atomic E-state index is 0.819. The van der Waals surface area contributed by atoms with Gasteiger partial charge in [-0.3, -0.25) is 0 Å². The Labute approximate surface area is 119 Å². The van der Waals surface area contributed by atoms with Gasteiger partial charge in [0.25, 0.3) is 0 Å². The predicted octanol–water partition coefficient (Wildman–Crippen LogP) is 4.09. The minimum absolute atomic E-state index is 0.819. The molecule has 0 aromatic heterocycles. The molecule has 20 heavy (non-hydrogen) atoms. The van der Waals surface area contributed by atoms with Crippen molar-refractivity contribution < 1.29 is 9.47 Å². The fourth-order valence-corrected chi connectivity index (χ4v) is 2.48. The van der Waals surface area contributed by atoms with Crippen LogP contribution in [0.1, 0.15) is 12.8 Å². The van der Waals surface area contributed by atoms with E-state index in [2.05, 4.69) is 17.0 Å². The van der Waals surface area contributed by atoms with E-state index in [0.717, 1.165) is 17.2 Å². The molecule has 0 amide bonds. The Morgan fingerprint density at radius 1 is 0.750 bits per heavy atom. The summed E-state index contributed by atoms with van der Waals surface area (Å²) in [6.07, 6.45) is 2.59. The molecule has 3 rings (SSSR count). The van der Waals surface area contributed by atoms with Gasteiger partial charge >= 0.3 is 0 Å². The lowest BCUT2D eigenvalue weighted by Gasteiger charge is -2.17. The van der Waals surface area contributed by atoms with Gasteiger partial charge in [-0.2, -0.15) is 0 Å². The van der Waals surface area contributed by atoms with Crippen molar-refractivity contribution in [2.24, 2.45) is 0 Å². The van der Waals surface area contributed by atoms with Gasteiger partial charge in [-0.25, -0.2) is 0 Å². The molecule has 0 bridgehead atoms. The van der Waals surface area contributed by atoms with Crippen LogP contribution in [-0.2, 0) is 0 Å². The number of benzene rings is 2. The largest absolute Gasteiger partial charge is 0.497 e. The van der Waals surface area contributed by atoms with E-state index in [9.17, 15) is 0 Å². The Bertz CT molecular complexity index is 542. The van der Waals surface area contributed by atoms with Gasteiger partial charge in [0.15, 0.2) is 0 Å². The number of ether oxygens (including phenoxy) is 2. The normalized spacial score (nSPS) is 14.3. The van der Waals surface area contributed by atoms with E-state index in [1.807, 2.05) is 36.4 Å². The summed E-state index contributed by atoms with van der Waals surface area (Å²) in [6.45, 7) is 2.33. The summed E-state index contributed by atoms with van der Waals surface area (Å²) < 4.78 is 11.0. The second kappa shape index (κ2) is 5.87. The van der Waals surface area contributed by atoms with Crippen molar-refractivity contribution in [2.75, 3.05) is 25.1 Å². The summed E-state index contributed by atoms with van der Waals surface area (Å²) >= 11 is 0. The Balaban J connectivity index is 1.67. The molecule has 1 aliphatic heterocycles. The Hall–Kier alpha value is -2.16. The molecule has 1 aliphatic rings. The van der Waals surface area contributed by atoms with Gasteiger partial charge in [0.05, 0.1) is 7.11 Å². The van der Waals surface area contributed by atoms with Crippen LogP contribution in [0.5, 0.6) is 17.2 Å². The van der Waals surface area contributed by atoms with Crippen molar-refractivity contribution in [1.29, 1.82) is 0 Å². The van der Waals surface area contributed by atoms with E-state index in [0.29, 0.717) is 0 Å². The molecule has 1 saturated heterocycles. The molecule has 0 atom stereocenters. The van der Waals surface area contributed by atoms with E-state index in [-0.39, 0.29) is 0 Å². The highest BCUT2D eigenvalue weighted by Crippen LogP contribution is 2.27. The van der Waals surface area contributed by atoms with Crippen molar-refractivity contribution in [3.8, 4) is 17.2 Å². The zero-order valence-corrected chi connectivity index (χ0v) is 11.7. The average molecular weight is 269 g/mol. The molecule has 104 valence electrons. The highest BCUT2D eigenvalue weighted by molar-refractivity contribution is 5.50. The van der Waals surface area contributed by atoms with E-state index < -0.39 is 0 Å². The summed E-state index contributed by atoms with van der Waals surface area (Å²) in [6, 6.07) is 15.9. The molecule has 1 heterocycles. The molecule has 2 aromatic rings. The number of hydrogen-bond donors (Lipinski definition) is 0. The summed E-state index contributed by atoms with van der Waals surface area (Å²) in [4.78, 5) is 2.41. The van der Waals surface area contributed by atoms with Gasteiger partial charge in [-0.15, -0.1) is 0 Å². The zero-order valence-electron chi connectivity index (χ0n) is 11.7. The first-order valence-electron chi connectivity index (χ1n) is 7.02. The van der Waals surface area contributed by atoms with Crippen molar-refractivity contribution in [3.05, 3.63) is 48.5 Å². The summed E-state index contributed by atoms with van der Waals surface area (Å²) in [5.74, 6) is 2.51. The zero-order chi connectivity index (χ0) is 13.8. The SMILES string of the molecule is COc1ccc(Oc2ccc(N3CCCC3)cc2)cc1. The molecule has 0 spiro atoms. The molecule has 0 saturated carbocycles. The minimum Gasteiger partial charge on any atom is -0.497 e. The lowest BCUT2D eigenvalue weighted by atomic mass is 10.2. The second-order valence-electron chi connectivity index (χ2n) is 4.97. The van der Waals surface area contributed by atoms with Crippen LogP contribution < -0.4 is 14.4 Å². The number of rotatable bonds is 4. The van der Waals surface area contributed by atoms with Crippen LogP contribution in [0, 0.1) is 0 Å². The number of methoxy groups -OCH3 is 1. The molecule has 0 N–H and O–H groups in total. The van der Waals surface area contributed by atoms with Gasteiger partial charge in [0.1, 0.15) is 17.2 Å². The third kappa shape index (κ3) is 2.87. The Morgan fingerprint density at radius 3 is 1.80 bits per heavy atom. The quantitative estimate of drug-likeness (QED) is 0.834. The molecule has 3 heteroatoms. The van der Waals surface area contributed by atoms with Crippen LogP contribution in [0.25, 0.3) is 0 Å². The number of anilines is 1. The van der Waals surface area contributed by atoms with Crippen LogP contribution in [0.15, 0.2) is 48.5 Å². The highest BCUT2D eigenvalue weighted by Gasteiger charge is 2.11. The molecule has 1 fully saturated rings. The molecular weight excluding hydrogens is 250 g/mol. The molecule has 0 aliphatic carbocycles. The van der Waals surface area contributed by atoms with E-state index in [1.165, 1.54) is 31.6 Å². The van der Waals surface area contributed by atoms with Gasteiger partial charge in [0.2, 0.25) is 0 Å². The maximum absolute atomic E-state index is 5.82. The topological polar surface area (TPSA) is 21.7 Å². The van der Waals surface area contributed by atoms with Gasteiger partial charge in [0, 0.05) is 18.8 Å². The first kappa shape index (κ1) is 12.9. The lowest BCUT2D eigenvalue weighted by Crippen LogP contribution is -2.17. The molecule has 0 unspecified atom stereocenters. The van der Waals surface area contributed by atoms with Crippen LogP contribution in [0.3, 0.4) is 0 Å². The van der Waals surface area contributed by atoms with Crippen molar-refractivity contribution in [1.82, 2.24) is 0 Å². The van der Waals surface area contributed by atoms with Crippen LogP contribution in [0.2, 0.25) is 0 Å². The first-order chi connectivity index (χ1) is 9.85. The molecule has 0 radical (unpaired) electrons. The van der Waals surface area contributed by atoms with Gasteiger partial charge in [-0.05, 0) is 61.4 Å². The van der Waals surface area contributed by atoms with Crippen LogP contribution >= 0.6 is 0 Å². The third-order valence-electron chi connectivity index (χ3n) is 3.60. The lowest BCUT2D eigenvalue weighted by molar-refractivity contribution is 0.413. The van der Waals surface area contributed by atoms with Gasteiger partial charge in [-0.1, -0.05) is 0 Å². The second-order valence-corrected chi connectivity index (χ2v) is 4.97. The fourth-order valence-electron chi connectivity index (χ4n) is 2.48. The van der Waals surface area contributed by atoms with Crippen LogP contribution in [-0.4, -0.2) is 20.2 Å². The first-order valence-corrected chi connectivity index (χ1v) is 7.02. The maximum Gasteiger partial charge on any atom is 0.127 e. The smallest absolute Gasteiger partial charge is 0.127 e. The number of nitrogens with zero attached hydrogens (tertiary/aromatic N) is 1. The van der Waals surface area contributed by atoms with Crippen molar-refractivity contribution in [3.63, 3.8) is 0 Å². The summed E-state index contributed by atoms with van der Waals surface area (Å²) in [5.41, 5.74) is 1.28. The monoisotopic (exact) mass is 269 g/mol. The van der Waals surface area contributed by atoms with E-state index >= 15 is 0 Å². The number of hydrogen-bond acceptors (Lipinski definition) is 3. The Kier molecular flexibility index (Phi) is 3.77. The Morgan fingerprint density at radius 2 is 1.25 bits per heavy atom. The third-order valence-corrected chi connectivity index (χ3v) is 3.60.